The number of rotatable bonds is 4. The van der Waals surface area contributed by atoms with E-state index in [4.69, 9.17) is 0 Å². The predicted octanol–water partition coefficient (Wildman–Crippen LogP) is 5.88. The van der Waals surface area contributed by atoms with E-state index < -0.39 is 11.7 Å². The van der Waals surface area contributed by atoms with Crippen LogP contribution in [0.3, 0.4) is 0 Å². The topological polar surface area (TPSA) is 37.3 Å². The van der Waals surface area contributed by atoms with Gasteiger partial charge in [-0.25, -0.2) is 4.98 Å². The molecule has 0 bridgehead atoms. The molecule has 0 spiro atoms. The van der Waals surface area contributed by atoms with Gasteiger partial charge in [0.05, 0.1) is 17.5 Å². The van der Waals surface area contributed by atoms with Gasteiger partial charge < -0.3 is 0 Å². The van der Waals surface area contributed by atoms with Crippen molar-refractivity contribution in [1.29, 1.82) is 0 Å². The van der Waals surface area contributed by atoms with Crippen LogP contribution in [0.2, 0.25) is 0 Å². The first kappa shape index (κ1) is 17.9. The average Bonchev–Trinajstić information content (AvgIpc) is 3.05. The van der Waals surface area contributed by atoms with Gasteiger partial charge in [-0.05, 0) is 28.7 Å². The lowest BCUT2D eigenvalue weighted by molar-refractivity contribution is -0.138. The summed E-state index contributed by atoms with van der Waals surface area (Å²) < 4.78 is 38.8. The highest BCUT2D eigenvalue weighted by atomic mass is 127. The normalized spacial score (nSPS) is 11.8. The molecule has 1 N–H and O–H groups in total. The summed E-state index contributed by atoms with van der Waals surface area (Å²) in [5.41, 5.74) is 4.29. The van der Waals surface area contributed by atoms with E-state index in [-0.39, 0.29) is 3.57 Å². The molecule has 3 rings (SSSR count). The molecule has 3 nitrogen and oxygen atoms in total. The van der Waals surface area contributed by atoms with E-state index in [2.05, 4.69) is 15.5 Å². The van der Waals surface area contributed by atoms with E-state index in [1.54, 1.807) is 28.7 Å². The van der Waals surface area contributed by atoms with E-state index in [9.17, 15) is 13.2 Å². The number of nitrogens with zero attached hydrogens (tertiary/aromatic N) is 2. The zero-order valence-electron chi connectivity index (χ0n) is 12.6. The molecule has 0 saturated carbocycles. The number of halogens is 4. The van der Waals surface area contributed by atoms with Crippen molar-refractivity contribution < 1.29 is 13.2 Å². The Bertz CT molecular complexity index is 892. The lowest BCUT2D eigenvalue weighted by Gasteiger charge is -2.10. The Hall–Kier alpha value is -1.94. The van der Waals surface area contributed by atoms with E-state index in [0.29, 0.717) is 10.7 Å². The van der Waals surface area contributed by atoms with Crippen LogP contribution in [-0.4, -0.2) is 11.2 Å². The third kappa shape index (κ3) is 4.37. The monoisotopic (exact) mass is 473 g/mol. The molecule has 0 aliphatic rings. The Balaban J connectivity index is 1.73. The molecule has 8 heteroatoms. The summed E-state index contributed by atoms with van der Waals surface area (Å²) in [6, 6.07) is 13.7. The second-order valence-electron chi connectivity index (χ2n) is 4.98. The van der Waals surface area contributed by atoms with Crippen LogP contribution in [0, 0.1) is 3.57 Å². The van der Waals surface area contributed by atoms with Gasteiger partial charge in [-0.1, -0.05) is 42.5 Å². The largest absolute Gasteiger partial charge is 0.417 e. The summed E-state index contributed by atoms with van der Waals surface area (Å²) in [5.74, 6) is 0. The van der Waals surface area contributed by atoms with Crippen molar-refractivity contribution >= 4 is 45.3 Å². The predicted molar refractivity (Wildman–Crippen MR) is 103 cm³/mol. The molecule has 0 aliphatic heterocycles. The van der Waals surface area contributed by atoms with Crippen LogP contribution < -0.4 is 5.43 Å². The van der Waals surface area contributed by atoms with Crippen molar-refractivity contribution in [2.45, 2.75) is 6.18 Å². The number of benzene rings is 2. The summed E-state index contributed by atoms with van der Waals surface area (Å²) in [6.45, 7) is 0. The van der Waals surface area contributed by atoms with E-state index in [1.807, 2.05) is 35.7 Å². The van der Waals surface area contributed by atoms with Crippen molar-refractivity contribution in [2.75, 3.05) is 5.43 Å². The molecule has 2 aromatic carbocycles. The molecule has 0 aliphatic carbocycles. The first-order valence-electron chi connectivity index (χ1n) is 7.11. The lowest BCUT2D eigenvalue weighted by Crippen LogP contribution is -2.09. The van der Waals surface area contributed by atoms with Crippen LogP contribution in [-0.2, 0) is 6.18 Å². The highest BCUT2D eigenvalue weighted by Crippen LogP contribution is 2.33. The van der Waals surface area contributed by atoms with Gasteiger partial charge in [0.1, 0.15) is 0 Å². The van der Waals surface area contributed by atoms with Crippen molar-refractivity contribution in [3.05, 3.63) is 68.6 Å². The standard InChI is InChI=1S/C17H11F3IN3S/c18-17(19,20)13-8-4-7-12(15(13)21)9-22-24-16-23-14(10-25-16)11-5-2-1-3-6-11/h1-10H,(H,23,24). The van der Waals surface area contributed by atoms with Gasteiger partial charge in [-0.3, -0.25) is 5.43 Å². The molecule has 1 heterocycles. The molecule has 0 amide bonds. The fraction of sp³-hybridized carbons (Fsp3) is 0.0588. The third-order valence-electron chi connectivity index (χ3n) is 3.27. The maximum atomic E-state index is 12.9. The van der Waals surface area contributed by atoms with Crippen LogP contribution >= 0.6 is 33.9 Å². The second-order valence-corrected chi connectivity index (χ2v) is 6.92. The highest BCUT2D eigenvalue weighted by Gasteiger charge is 2.33. The van der Waals surface area contributed by atoms with Crippen LogP contribution in [0.1, 0.15) is 11.1 Å². The number of aromatic nitrogens is 1. The van der Waals surface area contributed by atoms with Crippen LogP contribution in [0.15, 0.2) is 59.0 Å². The molecule has 3 aromatic rings. The summed E-state index contributed by atoms with van der Waals surface area (Å²) in [7, 11) is 0. The van der Waals surface area contributed by atoms with E-state index >= 15 is 0 Å². The minimum Gasteiger partial charge on any atom is -0.253 e. The number of alkyl halides is 3. The molecule has 1 aromatic heterocycles. The zero-order chi connectivity index (χ0) is 17.9. The van der Waals surface area contributed by atoms with Gasteiger partial charge in [0.25, 0.3) is 0 Å². The maximum absolute atomic E-state index is 12.9. The van der Waals surface area contributed by atoms with Crippen molar-refractivity contribution in [3.63, 3.8) is 0 Å². The summed E-state index contributed by atoms with van der Waals surface area (Å²) >= 11 is 3.05. The fourth-order valence-corrected chi connectivity index (χ4v) is 3.57. The molecular formula is C17H11F3IN3S. The Kier molecular flexibility index (Phi) is 5.38. The Morgan fingerprint density at radius 2 is 1.84 bits per heavy atom. The number of anilines is 1. The van der Waals surface area contributed by atoms with Gasteiger partial charge in [0, 0.05) is 20.1 Å². The zero-order valence-corrected chi connectivity index (χ0v) is 15.6. The van der Waals surface area contributed by atoms with Gasteiger partial charge >= 0.3 is 6.18 Å². The van der Waals surface area contributed by atoms with Crippen molar-refractivity contribution in [3.8, 4) is 11.3 Å². The number of hydrazone groups is 1. The van der Waals surface area contributed by atoms with Gasteiger partial charge in [0.15, 0.2) is 0 Å². The number of hydrogen-bond donors (Lipinski definition) is 1. The Morgan fingerprint density at radius 1 is 1.08 bits per heavy atom. The van der Waals surface area contributed by atoms with Crippen molar-refractivity contribution in [2.24, 2.45) is 5.10 Å². The molecular weight excluding hydrogens is 462 g/mol. The summed E-state index contributed by atoms with van der Waals surface area (Å²) in [4.78, 5) is 4.40. The molecule has 0 radical (unpaired) electrons. The second kappa shape index (κ2) is 7.52. The molecule has 0 saturated heterocycles. The van der Waals surface area contributed by atoms with Crippen LogP contribution in [0.4, 0.5) is 18.3 Å². The lowest BCUT2D eigenvalue weighted by atomic mass is 10.1. The fourth-order valence-electron chi connectivity index (χ4n) is 2.09. The Morgan fingerprint density at radius 3 is 2.56 bits per heavy atom. The smallest absolute Gasteiger partial charge is 0.253 e. The number of hydrogen-bond acceptors (Lipinski definition) is 4. The summed E-state index contributed by atoms with van der Waals surface area (Å²) in [5, 5.41) is 6.46. The maximum Gasteiger partial charge on any atom is 0.417 e. The van der Waals surface area contributed by atoms with Gasteiger partial charge in [-0.15, -0.1) is 11.3 Å². The third-order valence-corrected chi connectivity index (χ3v) is 5.22. The quantitative estimate of drug-likeness (QED) is 0.292. The van der Waals surface area contributed by atoms with E-state index in [0.717, 1.165) is 17.3 Å². The molecule has 25 heavy (non-hydrogen) atoms. The van der Waals surface area contributed by atoms with Crippen molar-refractivity contribution in [1.82, 2.24) is 4.98 Å². The Labute approximate surface area is 159 Å². The minimum atomic E-state index is -4.38. The van der Waals surface area contributed by atoms with Gasteiger partial charge in [0.2, 0.25) is 5.13 Å². The van der Waals surface area contributed by atoms with Crippen LogP contribution in [0.25, 0.3) is 11.3 Å². The first-order valence-corrected chi connectivity index (χ1v) is 9.07. The average molecular weight is 473 g/mol. The SMILES string of the molecule is FC(F)(F)c1cccc(C=NNc2nc(-c3ccccc3)cs2)c1I. The molecule has 128 valence electrons. The molecule has 0 atom stereocenters. The number of thiazole rings is 1. The molecule has 0 fully saturated rings. The first-order chi connectivity index (χ1) is 11.9. The van der Waals surface area contributed by atoms with E-state index in [1.165, 1.54) is 23.6 Å². The minimum absolute atomic E-state index is 0.113. The summed E-state index contributed by atoms with van der Waals surface area (Å²) in [6.07, 6.45) is -3.02. The number of nitrogens with one attached hydrogen (secondary N) is 1. The van der Waals surface area contributed by atoms with Gasteiger partial charge in [-0.2, -0.15) is 18.3 Å². The van der Waals surface area contributed by atoms with Crippen LogP contribution in [0.5, 0.6) is 0 Å². The molecule has 0 unspecified atom stereocenters. The highest BCUT2D eigenvalue weighted by molar-refractivity contribution is 14.1.